The molecule has 1 N–H and O–H groups in total. The van der Waals surface area contributed by atoms with Crippen molar-refractivity contribution in [1.82, 2.24) is 4.90 Å². The lowest BCUT2D eigenvalue weighted by molar-refractivity contribution is -0.154. The topological polar surface area (TPSA) is 57.6 Å². The van der Waals surface area contributed by atoms with Gasteiger partial charge in [-0.15, -0.1) is 0 Å². The van der Waals surface area contributed by atoms with E-state index in [0.717, 1.165) is 10.5 Å². The zero-order valence-corrected chi connectivity index (χ0v) is 13.1. The predicted molar refractivity (Wildman–Crippen MR) is 85.4 cm³/mol. The number of carbonyl (C=O) groups excluding carboxylic acids is 2. The van der Waals surface area contributed by atoms with Gasteiger partial charge in [0.05, 0.1) is 12.0 Å². The molecule has 2 heterocycles. The number of thioether (sulfide) groups is 1. The highest BCUT2D eigenvalue weighted by molar-refractivity contribution is 8.09. The molecular formula is C15H15NO3S2. The van der Waals surface area contributed by atoms with Crippen molar-refractivity contribution >= 4 is 40.3 Å². The Morgan fingerprint density at radius 1 is 1.43 bits per heavy atom. The maximum atomic E-state index is 12.3. The van der Waals surface area contributed by atoms with Crippen molar-refractivity contribution in [2.45, 2.75) is 24.8 Å². The van der Waals surface area contributed by atoms with Gasteiger partial charge in [0.2, 0.25) is 11.0 Å². The molecule has 0 aromatic heterocycles. The Kier molecular flexibility index (Phi) is 3.86. The van der Waals surface area contributed by atoms with E-state index in [1.165, 1.54) is 16.7 Å². The number of hydrogen-bond acceptors (Lipinski definition) is 4. The zero-order chi connectivity index (χ0) is 15.1. The third-order valence-electron chi connectivity index (χ3n) is 3.85. The summed E-state index contributed by atoms with van der Waals surface area (Å²) in [6, 6.07) is 9.48. The van der Waals surface area contributed by atoms with E-state index in [1.807, 2.05) is 37.3 Å². The van der Waals surface area contributed by atoms with E-state index in [9.17, 15) is 14.7 Å². The number of amides is 1. The number of aliphatic hydroxyl groups is 1. The maximum absolute atomic E-state index is 12.3. The SMILES string of the molecule is CC[C@H](O)[C@@H]1C(=O)N2C(C(=O)S)=C(c3ccccc3)S[C@H]12. The van der Waals surface area contributed by atoms with Crippen LogP contribution < -0.4 is 0 Å². The van der Waals surface area contributed by atoms with Gasteiger partial charge >= 0.3 is 0 Å². The minimum atomic E-state index is -0.669. The van der Waals surface area contributed by atoms with Crippen molar-refractivity contribution < 1.29 is 14.7 Å². The van der Waals surface area contributed by atoms with Crippen LogP contribution in [-0.2, 0) is 9.59 Å². The number of fused-ring (bicyclic) bond motifs is 1. The van der Waals surface area contributed by atoms with Crippen LogP contribution in [0.25, 0.3) is 4.91 Å². The van der Waals surface area contributed by atoms with Crippen LogP contribution in [0.4, 0.5) is 0 Å². The number of aliphatic hydroxyl groups excluding tert-OH is 1. The van der Waals surface area contributed by atoms with Crippen molar-refractivity contribution in [3.63, 3.8) is 0 Å². The molecule has 0 aliphatic carbocycles. The summed E-state index contributed by atoms with van der Waals surface area (Å²) in [5.41, 5.74) is 1.23. The van der Waals surface area contributed by atoms with E-state index in [4.69, 9.17) is 0 Å². The first-order chi connectivity index (χ1) is 10.1. The van der Waals surface area contributed by atoms with Crippen molar-refractivity contribution in [2.24, 2.45) is 5.92 Å². The van der Waals surface area contributed by atoms with E-state index in [0.29, 0.717) is 12.1 Å². The fraction of sp³-hybridized carbons (Fsp3) is 0.333. The standard InChI is InChI=1S/C15H15NO3S2/c1-2-9(17)10-13(18)16-11(15(19)20)12(21-14(10)16)8-6-4-3-5-7-8/h3-7,9-10,14,17H,2H2,1H3,(H,19,20)/t9-,10+,14+/m0/s1. The molecule has 1 saturated heterocycles. The molecule has 21 heavy (non-hydrogen) atoms. The molecule has 1 amide bonds. The van der Waals surface area contributed by atoms with E-state index in [2.05, 4.69) is 12.6 Å². The van der Waals surface area contributed by atoms with Crippen LogP contribution in [0.1, 0.15) is 18.9 Å². The summed E-state index contributed by atoms with van der Waals surface area (Å²) in [5.74, 6) is -0.630. The Balaban J connectivity index is 1.99. The quantitative estimate of drug-likeness (QED) is 0.659. The Hall–Kier alpha value is -1.24. The third-order valence-corrected chi connectivity index (χ3v) is 5.47. The zero-order valence-electron chi connectivity index (χ0n) is 11.4. The Morgan fingerprint density at radius 3 is 2.67 bits per heavy atom. The van der Waals surface area contributed by atoms with Crippen molar-refractivity contribution in [3.8, 4) is 0 Å². The largest absolute Gasteiger partial charge is 0.392 e. The van der Waals surface area contributed by atoms with E-state index >= 15 is 0 Å². The molecule has 0 spiro atoms. The smallest absolute Gasteiger partial charge is 0.236 e. The lowest BCUT2D eigenvalue weighted by Gasteiger charge is -2.44. The van der Waals surface area contributed by atoms with Gasteiger partial charge in [-0.3, -0.25) is 14.5 Å². The summed E-state index contributed by atoms with van der Waals surface area (Å²) < 4.78 is 0. The molecule has 0 radical (unpaired) electrons. The highest BCUT2D eigenvalue weighted by Gasteiger charge is 2.57. The van der Waals surface area contributed by atoms with Gasteiger partial charge in [-0.25, -0.2) is 0 Å². The average molecular weight is 321 g/mol. The molecule has 0 unspecified atom stereocenters. The monoisotopic (exact) mass is 321 g/mol. The molecule has 3 rings (SSSR count). The molecule has 0 bridgehead atoms. The minimum Gasteiger partial charge on any atom is -0.392 e. The van der Waals surface area contributed by atoms with Crippen LogP contribution in [0.2, 0.25) is 0 Å². The maximum Gasteiger partial charge on any atom is 0.236 e. The van der Waals surface area contributed by atoms with Crippen LogP contribution in [0.15, 0.2) is 36.0 Å². The molecule has 2 aliphatic heterocycles. The van der Waals surface area contributed by atoms with E-state index in [1.54, 1.807) is 0 Å². The van der Waals surface area contributed by atoms with Gasteiger partial charge < -0.3 is 5.11 Å². The van der Waals surface area contributed by atoms with Crippen molar-refractivity contribution in [1.29, 1.82) is 0 Å². The van der Waals surface area contributed by atoms with Crippen molar-refractivity contribution in [3.05, 3.63) is 41.6 Å². The first kappa shape index (κ1) is 14.7. The summed E-state index contributed by atoms with van der Waals surface area (Å²) in [4.78, 5) is 26.4. The lowest BCUT2D eigenvalue weighted by Crippen LogP contribution is -2.61. The number of hydrogen-bond donors (Lipinski definition) is 2. The van der Waals surface area contributed by atoms with Crippen LogP contribution >= 0.6 is 24.4 Å². The fourth-order valence-corrected chi connectivity index (χ4v) is 4.61. The van der Waals surface area contributed by atoms with Crippen molar-refractivity contribution in [2.75, 3.05) is 0 Å². The highest BCUT2D eigenvalue weighted by atomic mass is 32.2. The molecule has 2 aliphatic rings. The van der Waals surface area contributed by atoms with E-state index < -0.39 is 17.1 Å². The average Bonchev–Trinajstić information content (AvgIpc) is 2.83. The molecule has 110 valence electrons. The summed E-state index contributed by atoms with van der Waals surface area (Å²) in [5, 5.41) is 9.38. The molecule has 4 nitrogen and oxygen atoms in total. The predicted octanol–water partition coefficient (Wildman–Crippen LogP) is 2.11. The van der Waals surface area contributed by atoms with Gasteiger partial charge in [-0.1, -0.05) is 61.6 Å². The molecular weight excluding hydrogens is 306 g/mol. The van der Waals surface area contributed by atoms with Gasteiger partial charge in [0.15, 0.2) is 0 Å². The molecule has 1 aromatic rings. The first-order valence-corrected chi connectivity index (χ1v) is 8.09. The van der Waals surface area contributed by atoms with Crippen LogP contribution in [0.3, 0.4) is 0 Å². The van der Waals surface area contributed by atoms with Crippen LogP contribution in [0.5, 0.6) is 0 Å². The number of nitrogens with zero attached hydrogens (tertiary/aromatic N) is 1. The number of thiol groups is 1. The Morgan fingerprint density at radius 2 is 2.10 bits per heavy atom. The normalized spacial score (nSPS) is 25.7. The number of rotatable bonds is 4. The Labute approximate surface area is 132 Å². The van der Waals surface area contributed by atoms with Gasteiger partial charge in [-0.2, -0.15) is 0 Å². The second-order valence-corrected chi connectivity index (χ2v) is 6.60. The molecule has 1 fully saturated rings. The van der Waals surface area contributed by atoms with Gasteiger partial charge in [0, 0.05) is 4.91 Å². The summed E-state index contributed by atoms with van der Waals surface area (Å²) in [6.07, 6.45) is -0.149. The summed E-state index contributed by atoms with van der Waals surface area (Å²) in [7, 11) is 0. The lowest BCUT2D eigenvalue weighted by atomic mass is 9.90. The molecule has 3 atom stereocenters. The third kappa shape index (κ3) is 2.22. The second kappa shape index (κ2) is 5.51. The van der Waals surface area contributed by atoms with Crippen LogP contribution in [-0.4, -0.2) is 32.5 Å². The fourth-order valence-electron chi connectivity index (χ4n) is 2.74. The molecule has 1 aromatic carbocycles. The van der Waals surface area contributed by atoms with E-state index in [-0.39, 0.29) is 11.3 Å². The molecule has 0 saturated carbocycles. The van der Waals surface area contributed by atoms with Gasteiger partial charge in [-0.05, 0) is 12.0 Å². The number of carbonyl (C=O) groups is 2. The van der Waals surface area contributed by atoms with Crippen LogP contribution in [0, 0.1) is 5.92 Å². The summed E-state index contributed by atoms with van der Waals surface area (Å²) in [6.45, 7) is 1.84. The van der Waals surface area contributed by atoms with Gasteiger partial charge in [0.25, 0.3) is 0 Å². The number of benzene rings is 1. The first-order valence-electron chi connectivity index (χ1n) is 6.77. The number of β-lactam (4-membered cyclic amide) rings is 1. The summed E-state index contributed by atoms with van der Waals surface area (Å²) >= 11 is 5.38. The highest BCUT2D eigenvalue weighted by Crippen LogP contribution is 2.54. The Bertz CT molecular complexity index is 629. The second-order valence-electron chi connectivity index (χ2n) is 5.07. The molecule has 6 heteroatoms. The minimum absolute atomic E-state index is 0.190. The van der Waals surface area contributed by atoms with Gasteiger partial charge in [0.1, 0.15) is 11.1 Å².